The minimum Gasteiger partial charge on any atom is -0.484 e. The molecule has 1 N–H and O–H groups in total. The smallest absolute Gasteiger partial charge is 0.262 e. The number of nitrogens with one attached hydrogen (secondary N) is 1. The van der Waals surface area contributed by atoms with Crippen molar-refractivity contribution < 1.29 is 13.9 Å². The van der Waals surface area contributed by atoms with E-state index in [1.807, 2.05) is 13.8 Å². The van der Waals surface area contributed by atoms with Crippen LogP contribution in [0, 0.1) is 19.7 Å². The van der Waals surface area contributed by atoms with Gasteiger partial charge in [-0.3, -0.25) is 4.79 Å². The van der Waals surface area contributed by atoms with Crippen molar-refractivity contribution in [3.63, 3.8) is 0 Å². The summed E-state index contributed by atoms with van der Waals surface area (Å²) in [5.41, 5.74) is 1.85. The number of carbonyl (C=O) groups excluding carboxylic acids is 1. The van der Waals surface area contributed by atoms with Crippen molar-refractivity contribution in [1.29, 1.82) is 0 Å². The monoisotopic (exact) mass is 385 g/mol. The Hall–Kier alpha value is -1.59. The van der Waals surface area contributed by atoms with Crippen LogP contribution >= 0.6 is 27.5 Å². The van der Waals surface area contributed by atoms with Gasteiger partial charge in [0.05, 0.1) is 5.69 Å². The van der Waals surface area contributed by atoms with Crippen LogP contribution in [0.2, 0.25) is 5.02 Å². The zero-order valence-corrected chi connectivity index (χ0v) is 14.4. The molecule has 0 spiro atoms. The Morgan fingerprint density at radius 3 is 2.50 bits per heavy atom. The van der Waals surface area contributed by atoms with Gasteiger partial charge in [0.25, 0.3) is 5.91 Å². The highest BCUT2D eigenvalue weighted by Crippen LogP contribution is 2.26. The number of halogens is 3. The highest BCUT2D eigenvalue weighted by molar-refractivity contribution is 9.10. The largest absolute Gasteiger partial charge is 0.484 e. The molecule has 0 aliphatic rings. The maximum atomic E-state index is 13.6. The zero-order chi connectivity index (χ0) is 16.3. The SMILES string of the molecule is Cc1cc(OCC(=O)Nc2ccc(Br)cc2F)cc(C)c1Cl. The first-order valence-corrected chi connectivity index (χ1v) is 7.68. The molecule has 1 amide bonds. The van der Waals surface area contributed by atoms with Crippen LogP contribution in [0.4, 0.5) is 10.1 Å². The quantitative estimate of drug-likeness (QED) is 0.813. The average Bonchev–Trinajstić information content (AvgIpc) is 2.45. The van der Waals surface area contributed by atoms with Gasteiger partial charge >= 0.3 is 0 Å². The lowest BCUT2D eigenvalue weighted by Gasteiger charge is -2.11. The van der Waals surface area contributed by atoms with Gasteiger partial charge in [-0.05, 0) is 55.3 Å². The van der Waals surface area contributed by atoms with Gasteiger partial charge in [-0.2, -0.15) is 0 Å². The van der Waals surface area contributed by atoms with Gasteiger partial charge in [-0.1, -0.05) is 27.5 Å². The fourth-order valence-electron chi connectivity index (χ4n) is 1.92. The molecule has 2 aromatic carbocycles. The lowest BCUT2D eigenvalue weighted by molar-refractivity contribution is -0.118. The first-order chi connectivity index (χ1) is 10.4. The number of benzene rings is 2. The predicted octanol–water partition coefficient (Wildman–Crippen LogP) is 4.88. The predicted molar refractivity (Wildman–Crippen MR) is 89.2 cm³/mol. The van der Waals surface area contributed by atoms with Crippen LogP contribution in [0.1, 0.15) is 11.1 Å². The second-order valence-electron chi connectivity index (χ2n) is 4.83. The highest BCUT2D eigenvalue weighted by atomic mass is 79.9. The summed E-state index contributed by atoms with van der Waals surface area (Å²) in [7, 11) is 0. The second kappa shape index (κ2) is 7.11. The Morgan fingerprint density at radius 1 is 1.27 bits per heavy atom. The number of amides is 1. The first-order valence-electron chi connectivity index (χ1n) is 6.51. The third kappa shape index (κ3) is 4.21. The summed E-state index contributed by atoms with van der Waals surface area (Å²) in [6.07, 6.45) is 0. The molecule has 0 heterocycles. The number of anilines is 1. The van der Waals surface area contributed by atoms with Crippen LogP contribution in [0.15, 0.2) is 34.8 Å². The Kier molecular flexibility index (Phi) is 5.42. The molecule has 0 radical (unpaired) electrons. The standard InChI is InChI=1S/C16H14BrClFNO2/c1-9-5-12(6-10(2)16(9)18)22-8-15(21)20-14-4-3-11(17)7-13(14)19/h3-7H,8H2,1-2H3,(H,20,21). The van der Waals surface area contributed by atoms with Crippen molar-refractivity contribution in [3.05, 3.63) is 56.8 Å². The molecule has 0 aromatic heterocycles. The van der Waals surface area contributed by atoms with E-state index in [1.54, 1.807) is 18.2 Å². The molecule has 2 rings (SSSR count). The Labute approximate surface area is 141 Å². The van der Waals surface area contributed by atoms with Crippen LogP contribution in [0.3, 0.4) is 0 Å². The van der Waals surface area contributed by atoms with E-state index in [0.29, 0.717) is 15.2 Å². The van der Waals surface area contributed by atoms with Crippen molar-refractivity contribution in [3.8, 4) is 5.75 Å². The highest BCUT2D eigenvalue weighted by Gasteiger charge is 2.09. The molecule has 0 atom stereocenters. The first kappa shape index (κ1) is 16.8. The fraction of sp³-hybridized carbons (Fsp3) is 0.188. The van der Waals surface area contributed by atoms with Crippen molar-refractivity contribution in [2.75, 3.05) is 11.9 Å². The van der Waals surface area contributed by atoms with E-state index in [4.69, 9.17) is 16.3 Å². The van der Waals surface area contributed by atoms with Gasteiger partial charge < -0.3 is 10.1 Å². The van der Waals surface area contributed by atoms with Gasteiger partial charge in [0.15, 0.2) is 6.61 Å². The molecule has 22 heavy (non-hydrogen) atoms. The topological polar surface area (TPSA) is 38.3 Å². The van der Waals surface area contributed by atoms with Crippen molar-refractivity contribution >= 4 is 39.1 Å². The van der Waals surface area contributed by atoms with E-state index in [1.165, 1.54) is 12.1 Å². The van der Waals surface area contributed by atoms with Crippen molar-refractivity contribution in [2.45, 2.75) is 13.8 Å². The second-order valence-corrected chi connectivity index (χ2v) is 6.13. The Balaban J connectivity index is 1.98. The number of ether oxygens (including phenoxy) is 1. The minimum absolute atomic E-state index is 0.111. The van der Waals surface area contributed by atoms with Gasteiger partial charge in [0, 0.05) is 9.50 Å². The van der Waals surface area contributed by atoms with Crippen molar-refractivity contribution in [1.82, 2.24) is 0 Å². The molecule has 0 bridgehead atoms. The summed E-state index contributed by atoms with van der Waals surface area (Å²) < 4.78 is 19.6. The number of hydrogen-bond donors (Lipinski definition) is 1. The van der Waals surface area contributed by atoms with E-state index in [2.05, 4.69) is 21.2 Å². The lowest BCUT2D eigenvalue weighted by Crippen LogP contribution is -2.20. The summed E-state index contributed by atoms with van der Waals surface area (Å²) in [6.45, 7) is 3.51. The van der Waals surface area contributed by atoms with Gasteiger partial charge in [-0.25, -0.2) is 4.39 Å². The molecular weight excluding hydrogens is 373 g/mol. The number of carbonyl (C=O) groups is 1. The number of hydrogen-bond acceptors (Lipinski definition) is 2. The molecule has 2 aromatic rings. The molecule has 0 unspecified atom stereocenters. The molecule has 6 heteroatoms. The summed E-state index contributed by atoms with van der Waals surface area (Å²) in [5, 5.41) is 3.14. The molecule has 116 valence electrons. The molecular formula is C16H14BrClFNO2. The summed E-state index contributed by atoms with van der Waals surface area (Å²) >= 11 is 9.22. The molecule has 3 nitrogen and oxygen atoms in total. The van der Waals surface area contributed by atoms with E-state index < -0.39 is 11.7 Å². The normalized spacial score (nSPS) is 10.4. The lowest BCUT2D eigenvalue weighted by atomic mass is 10.1. The van der Waals surface area contributed by atoms with E-state index in [9.17, 15) is 9.18 Å². The van der Waals surface area contributed by atoms with Gasteiger partial charge in [0.2, 0.25) is 0 Å². The van der Waals surface area contributed by atoms with Crippen LogP contribution in [-0.4, -0.2) is 12.5 Å². The number of rotatable bonds is 4. The van der Waals surface area contributed by atoms with Crippen molar-refractivity contribution in [2.24, 2.45) is 0 Å². The summed E-state index contributed by atoms with van der Waals surface area (Å²) in [5.74, 6) is -0.404. The molecule has 0 aliphatic heterocycles. The Bertz CT molecular complexity index is 698. The van der Waals surface area contributed by atoms with Gasteiger partial charge in [-0.15, -0.1) is 0 Å². The van der Waals surface area contributed by atoms with Crippen LogP contribution < -0.4 is 10.1 Å². The summed E-state index contributed by atoms with van der Waals surface area (Å²) in [6, 6.07) is 7.91. The molecule has 0 saturated carbocycles. The van der Waals surface area contributed by atoms with Gasteiger partial charge in [0.1, 0.15) is 11.6 Å². The Morgan fingerprint density at radius 2 is 1.91 bits per heavy atom. The zero-order valence-electron chi connectivity index (χ0n) is 12.0. The molecule has 0 fully saturated rings. The van der Waals surface area contributed by atoms with E-state index >= 15 is 0 Å². The van der Waals surface area contributed by atoms with E-state index in [-0.39, 0.29) is 12.3 Å². The van der Waals surface area contributed by atoms with Crippen LogP contribution in [-0.2, 0) is 4.79 Å². The number of aryl methyl sites for hydroxylation is 2. The molecule has 0 aliphatic carbocycles. The van der Waals surface area contributed by atoms with Crippen LogP contribution in [0.25, 0.3) is 0 Å². The van der Waals surface area contributed by atoms with Crippen LogP contribution in [0.5, 0.6) is 5.75 Å². The summed E-state index contributed by atoms with van der Waals surface area (Å²) in [4.78, 5) is 11.8. The minimum atomic E-state index is -0.513. The molecule has 0 saturated heterocycles. The third-order valence-electron chi connectivity index (χ3n) is 2.99. The third-order valence-corrected chi connectivity index (χ3v) is 4.07. The van der Waals surface area contributed by atoms with E-state index in [0.717, 1.165) is 11.1 Å². The average molecular weight is 387 g/mol. The fourth-order valence-corrected chi connectivity index (χ4v) is 2.36. The maximum absolute atomic E-state index is 13.6. The maximum Gasteiger partial charge on any atom is 0.262 e.